The Morgan fingerprint density at radius 2 is 1.12 bits per heavy atom. The van der Waals surface area contributed by atoms with Crippen molar-refractivity contribution in [3.05, 3.63) is 72.9 Å². The fourth-order valence-electron chi connectivity index (χ4n) is 6.28. The minimum absolute atomic E-state index is 0.0164. The molecule has 1 saturated carbocycles. The van der Waals surface area contributed by atoms with Crippen molar-refractivity contribution in [1.82, 2.24) is 0 Å². The van der Waals surface area contributed by atoms with E-state index in [4.69, 9.17) is 28.3 Å². The van der Waals surface area contributed by atoms with E-state index in [1.54, 1.807) is 12.2 Å². The number of phosphoric ester groups is 2. The highest BCUT2D eigenvalue weighted by molar-refractivity contribution is 7.47. The number of unbranched alkanes of at least 4 members (excludes halogenated alkanes) is 9. The zero-order valence-electron chi connectivity index (χ0n) is 37.5. The molecule has 1 aliphatic rings. The molecule has 0 bridgehead atoms. The molecule has 0 aromatic heterocycles. The highest BCUT2D eigenvalue weighted by Crippen LogP contribution is 2.49. The van der Waals surface area contributed by atoms with Crippen molar-refractivity contribution in [3.63, 3.8) is 0 Å². The summed E-state index contributed by atoms with van der Waals surface area (Å²) in [7, 11) is -10.7. The Balaban J connectivity index is 2.71. The molecule has 0 saturated heterocycles. The molecular formula is C45H76O17P2. The van der Waals surface area contributed by atoms with Crippen molar-refractivity contribution < 1.29 is 82.0 Å². The van der Waals surface area contributed by atoms with E-state index in [9.17, 15) is 49.1 Å². The molecule has 0 aromatic rings. The van der Waals surface area contributed by atoms with Gasteiger partial charge in [0.2, 0.25) is 0 Å². The van der Waals surface area contributed by atoms with E-state index in [0.717, 1.165) is 70.6 Å². The molecular weight excluding hydrogens is 874 g/mol. The Morgan fingerprint density at radius 3 is 1.75 bits per heavy atom. The van der Waals surface area contributed by atoms with E-state index in [0.29, 0.717) is 6.42 Å². The third-order valence-corrected chi connectivity index (χ3v) is 11.3. The van der Waals surface area contributed by atoms with E-state index < -0.39 is 89.6 Å². The minimum atomic E-state index is -5.39. The Hall–Kier alpha value is -2.60. The van der Waals surface area contributed by atoms with Gasteiger partial charge in [-0.05, 0) is 70.6 Å². The number of hydrogen-bond donors (Lipinski definition) is 8. The molecule has 0 heterocycles. The maximum atomic E-state index is 13.0. The van der Waals surface area contributed by atoms with E-state index in [-0.39, 0.29) is 25.7 Å². The molecule has 17 nitrogen and oxygen atoms in total. The number of ether oxygens (including phenoxy) is 2. The first kappa shape index (κ1) is 59.4. The normalized spacial score (nSPS) is 23.0. The Kier molecular flexibility index (Phi) is 33.0. The molecule has 0 aliphatic heterocycles. The minimum Gasteiger partial charge on any atom is -0.462 e. The molecule has 0 spiro atoms. The Morgan fingerprint density at radius 1 is 0.578 bits per heavy atom. The highest BCUT2D eigenvalue weighted by atomic mass is 31.2. The lowest BCUT2D eigenvalue weighted by molar-refractivity contribution is -0.216. The van der Waals surface area contributed by atoms with Crippen LogP contribution in [-0.4, -0.2) is 114 Å². The van der Waals surface area contributed by atoms with Crippen molar-refractivity contribution in [2.75, 3.05) is 13.2 Å². The van der Waals surface area contributed by atoms with Gasteiger partial charge in [0.15, 0.2) is 6.10 Å². The molecule has 0 radical (unpaired) electrons. The standard InChI is InChI=1S/C45H76O17P2/c1-3-5-7-9-11-13-15-17-19-21-23-25-27-30-36(46)31-29-33-38(47)58-34-37(60-39(48)32-28-26-24-22-20-18-16-14-12-10-8-6-4-2)35-59-64(56,57)62-45-42(51)40(49)41(50)44(43(45)52)61-63(53,54)55/h8,10-11,13-14,16-17,19,23,25,27,30,36-37,40-46,49-52H,3-7,9,12,15,18,20-22,24,26,28-29,31-35H2,1-2H3,(H,56,57)(H2,53,54,55)/b10-8-,13-11-,16-14-,19-17-,25-23-,30-27+/t36-,37-,40?,41?,42?,43?,44-,45+/m1/s1. The van der Waals surface area contributed by atoms with Crippen molar-refractivity contribution in [2.45, 2.75) is 185 Å². The van der Waals surface area contributed by atoms with Gasteiger partial charge in [-0.3, -0.25) is 23.2 Å². The van der Waals surface area contributed by atoms with Crippen LogP contribution in [-0.2, 0) is 41.8 Å². The Bertz CT molecular complexity index is 1540. The third kappa shape index (κ3) is 29.8. The Labute approximate surface area is 379 Å². The lowest BCUT2D eigenvalue weighted by atomic mass is 9.85. The fraction of sp³-hybridized carbons (Fsp3) is 0.689. The van der Waals surface area contributed by atoms with E-state index in [2.05, 4.69) is 67.0 Å². The first-order valence-corrected chi connectivity index (χ1v) is 25.6. The van der Waals surface area contributed by atoms with E-state index >= 15 is 0 Å². The molecule has 1 aliphatic carbocycles. The first-order valence-electron chi connectivity index (χ1n) is 22.6. The predicted octanol–water partition coefficient (Wildman–Crippen LogP) is 7.03. The van der Waals surface area contributed by atoms with Crippen molar-refractivity contribution >= 4 is 27.6 Å². The number of aliphatic hydroxyl groups is 5. The summed E-state index contributed by atoms with van der Waals surface area (Å²) in [5, 5.41) is 51.5. The summed E-state index contributed by atoms with van der Waals surface area (Å²) in [5.74, 6) is -1.43. The number of carbonyl (C=O) groups excluding carboxylic acids is 2. The van der Waals surface area contributed by atoms with Gasteiger partial charge in [-0.25, -0.2) is 9.13 Å². The number of rotatable bonds is 36. The summed E-state index contributed by atoms with van der Waals surface area (Å²) < 4.78 is 49.1. The topological polar surface area (TPSA) is 276 Å². The van der Waals surface area contributed by atoms with Crippen LogP contribution in [0.1, 0.15) is 136 Å². The molecule has 368 valence electrons. The molecule has 19 heteroatoms. The van der Waals surface area contributed by atoms with Gasteiger partial charge in [-0.2, -0.15) is 0 Å². The molecule has 5 unspecified atom stereocenters. The van der Waals surface area contributed by atoms with Crippen LogP contribution in [0.4, 0.5) is 0 Å². The second-order valence-corrected chi connectivity index (χ2v) is 18.2. The molecule has 64 heavy (non-hydrogen) atoms. The second kappa shape index (κ2) is 35.6. The van der Waals surface area contributed by atoms with Crippen LogP contribution in [0.3, 0.4) is 0 Å². The maximum absolute atomic E-state index is 13.0. The van der Waals surface area contributed by atoms with Crippen LogP contribution in [0.2, 0.25) is 0 Å². The summed E-state index contributed by atoms with van der Waals surface area (Å²) >= 11 is 0. The lowest BCUT2D eigenvalue weighted by Gasteiger charge is -2.43. The fourth-order valence-corrected chi connectivity index (χ4v) is 7.82. The van der Waals surface area contributed by atoms with Crippen LogP contribution < -0.4 is 0 Å². The van der Waals surface area contributed by atoms with Gasteiger partial charge in [0.1, 0.15) is 43.2 Å². The van der Waals surface area contributed by atoms with Crippen LogP contribution in [0.25, 0.3) is 0 Å². The van der Waals surface area contributed by atoms with Crippen LogP contribution in [0.5, 0.6) is 0 Å². The molecule has 0 amide bonds. The average molecular weight is 951 g/mol. The molecule has 1 fully saturated rings. The molecule has 0 aromatic carbocycles. The summed E-state index contributed by atoms with van der Waals surface area (Å²) in [5.41, 5.74) is 0. The summed E-state index contributed by atoms with van der Waals surface area (Å²) in [6.07, 6.45) is 23.2. The van der Waals surface area contributed by atoms with Crippen molar-refractivity contribution in [2.24, 2.45) is 0 Å². The van der Waals surface area contributed by atoms with Crippen LogP contribution in [0.15, 0.2) is 72.9 Å². The number of hydrogen-bond acceptors (Lipinski definition) is 14. The van der Waals surface area contributed by atoms with Gasteiger partial charge < -0.3 is 49.7 Å². The van der Waals surface area contributed by atoms with Gasteiger partial charge in [0.25, 0.3) is 0 Å². The zero-order valence-corrected chi connectivity index (χ0v) is 39.3. The van der Waals surface area contributed by atoms with Gasteiger partial charge in [0, 0.05) is 12.8 Å². The van der Waals surface area contributed by atoms with E-state index in [1.807, 2.05) is 12.2 Å². The van der Waals surface area contributed by atoms with Crippen molar-refractivity contribution in [3.8, 4) is 0 Å². The number of phosphoric acid groups is 2. The number of carbonyl (C=O) groups is 2. The first-order chi connectivity index (χ1) is 30.5. The monoisotopic (exact) mass is 950 g/mol. The lowest BCUT2D eigenvalue weighted by Crippen LogP contribution is -2.64. The molecule has 9 atom stereocenters. The zero-order chi connectivity index (χ0) is 47.6. The van der Waals surface area contributed by atoms with Crippen LogP contribution >= 0.6 is 15.6 Å². The number of allylic oxidation sites excluding steroid dienone is 11. The summed E-state index contributed by atoms with van der Waals surface area (Å²) in [6.45, 7) is 2.81. The number of esters is 2. The van der Waals surface area contributed by atoms with Gasteiger partial charge in [-0.15, -0.1) is 0 Å². The quantitative estimate of drug-likeness (QED) is 0.0103. The average Bonchev–Trinajstić information content (AvgIpc) is 3.24. The van der Waals surface area contributed by atoms with Gasteiger partial charge in [-0.1, -0.05) is 125 Å². The number of aliphatic hydroxyl groups excluding tert-OH is 5. The smallest absolute Gasteiger partial charge is 0.462 e. The second-order valence-electron chi connectivity index (χ2n) is 15.6. The molecule has 8 N–H and O–H groups in total. The van der Waals surface area contributed by atoms with Gasteiger partial charge in [0.05, 0.1) is 12.7 Å². The van der Waals surface area contributed by atoms with Crippen LogP contribution in [0, 0.1) is 0 Å². The largest absolute Gasteiger partial charge is 0.472 e. The third-order valence-electron chi connectivity index (χ3n) is 9.84. The van der Waals surface area contributed by atoms with Crippen molar-refractivity contribution in [1.29, 1.82) is 0 Å². The summed E-state index contributed by atoms with van der Waals surface area (Å²) in [4.78, 5) is 54.2. The SMILES string of the molecule is CCC/C=C\C/C=C\CCCCCCCC(=O)O[C@H](COC(=O)CCC[C@H](O)/C=C/C=C\C/C=C\C/C=C\CCCCC)COP(=O)(O)O[C@H]1C(O)C(O)C(O)[C@@H](OP(=O)(O)O)C1O. The molecule has 1 rings (SSSR count). The maximum Gasteiger partial charge on any atom is 0.472 e. The van der Waals surface area contributed by atoms with E-state index in [1.165, 1.54) is 19.3 Å². The predicted molar refractivity (Wildman–Crippen MR) is 242 cm³/mol. The highest BCUT2D eigenvalue weighted by Gasteiger charge is 2.54. The van der Waals surface area contributed by atoms with Gasteiger partial charge >= 0.3 is 27.6 Å². The summed E-state index contributed by atoms with van der Waals surface area (Å²) in [6, 6.07) is 0.